The summed E-state index contributed by atoms with van der Waals surface area (Å²) in [6, 6.07) is 4.85. The van der Waals surface area contributed by atoms with Gasteiger partial charge < -0.3 is 9.73 Å². The Hall–Kier alpha value is -1.38. The Balaban J connectivity index is 2.19. The fourth-order valence-electron chi connectivity index (χ4n) is 1.67. The number of sulfonamides is 1. The predicted octanol–water partition coefficient (Wildman–Crippen LogP) is 2.66. The smallest absolute Gasteiger partial charge is 0.296 e. The van der Waals surface area contributed by atoms with Crippen molar-refractivity contribution in [1.82, 2.24) is 10.3 Å². The number of hydrogen-bond acceptors (Lipinski definition) is 5. The van der Waals surface area contributed by atoms with Crippen LogP contribution in [0.5, 0.6) is 0 Å². The minimum Gasteiger partial charge on any atom is -0.446 e. The highest BCUT2D eigenvalue weighted by atomic mass is 79.9. The van der Waals surface area contributed by atoms with Crippen LogP contribution in [0.15, 0.2) is 38.4 Å². The summed E-state index contributed by atoms with van der Waals surface area (Å²) in [5, 5.41) is 2.94. The SMILES string of the molecule is CCNCc1ccc(S(=O)(=O)Nc2ncc(Br)cc2C)o1. The van der Waals surface area contributed by atoms with E-state index in [-0.39, 0.29) is 10.9 Å². The maximum Gasteiger partial charge on any atom is 0.296 e. The maximum absolute atomic E-state index is 12.2. The van der Waals surface area contributed by atoms with Crippen LogP contribution in [0.3, 0.4) is 0 Å². The largest absolute Gasteiger partial charge is 0.446 e. The number of furan rings is 1. The van der Waals surface area contributed by atoms with E-state index in [0.29, 0.717) is 17.9 Å². The lowest BCUT2D eigenvalue weighted by molar-refractivity contribution is 0.405. The van der Waals surface area contributed by atoms with E-state index in [1.165, 1.54) is 12.3 Å². The van der Waals surface area contributed by atoms with Gasteiger partial charge in [0.1, 0.15) is 11.6 Å². The van der Waals surface area contributed by atoms with Gasteiger partial charge in [-0.05, 0) is 53.2 Å². The summed E-state index contributed by atoms with van der Waals surface area (Å²) in [7, 11) is -3.78. The normalized spacial score (nSPS) is 11.6. The average molecular weight is 374 g/mol. The summed E-state index contributed by atoms with van der Waals surface area (Å²) in [6.45, 7) is 5.00. The molecular weight excluding hydrogens is 358 g/mol. The quantitative estimate of drug-likeness (QED) is 0.812. The van der Waals surface area contributed by atoms with Crippen molar-refractivity contribution >= 4 is 31.8 Å². The second-order valence-electron chi connectivity index (χ2n) is 4.43. The number of pyridine rings is 1. The van der Waals surface area contributed by atoms with E-state index in [1.807, 2.05) is 6.92 Å². The number of halogens is 1. The molecule has 6 nitrogen and oxygen atoms in total. The molecule has 0 aliphatic heterocycles. The zero-order valence-electron chi connectivity index (χ0n) is 11.7. The number of rotatable bonds is 6. The lowest BCUT2D eigenvalue weighted by Crippen LogP contribution is -2.14. The second-order valence-corrected chi connectivity index (χ2v) is 6.95. The molecule has 2 aromatic rings. The topological polar surface area (TPSA) is 84.2 Å². The number of aryl methyl sites for hydroxylation is 1. The van der Waals surface area contributed by atoms with Crippen LogP contribution in [0.4, 0.5) is 5.82 Å². The van der Waals surface area contributed by atoms with Gasteiger partial charge in [-0.25, -0.2) is 4.98 Å². The van der Waals surface area contributed by atoms with E-state index >= 15 is 0 Å². The summed E-state index contributed by atoms with van der Waals surface area (Å²) in [4.78, 5) is 4.05. The van der Waals surface area contributed by atoms with Gasteiger partial charge in [0.2, 0.25) is 5.09 Å². The van der Waals surface area contributed by atoms with Crippen molar-refractivity contribution in [1.29, 1.82) is 0 Å². The van der Waals surface area contributed by atoms with E-state index < -0.39 is 10.0 Å². The molecule has 2 aromatic heterocycles. The van der Waals surface area contributed by atoms with Crippen molar-refractivity contribution in [3.63, 3.8) is 0 Å². The molecule has 0 bridgehead atoms. The van der Waals surface area contributed by atoms with E-state index in [1.54, 1.807) is 19.1 Å². The Morgan fingerprint density at radius 3 is 2.81 bits per heavy atom. The summed E-state index contributed by atoms with van der Waals surface area (Å²) in [5.74, 6) is 0.848. The van der Waals surface area contributed by atoms with Crippen molar-refractivity contribution in [3.05, 3.63) is 40.2 Å². The minimum absolute atomic E-state index is 0.125. The van der Waals surface area contributed by atoms with E-state index in [4.69, 9.17) is 4.42 Å². The first-order valence-electron chi connectivity index (χ1n) is 6.37. The third kappa shape index (κ3) is 4.05. The molecule has 2 N–H and O–H groups in total. The number of nitrogens with one attached hydrogen (secondary N) is 2. The zero-order valence-corrected chi connectivity index (χ0v) is 14.1. The molecule has 0 amide bonds. The molecule has 0 fully saturated rings. The summed E-state index contributed by atoms with van der Waals surface area (Å²) in [5.41, 5.74) is 0.715. The molecular formula is C13H16BrN3O3S. The molecule has 2 heterocycles. The lowest BCUT2D eigenvalue weighted by atomic mass is 10.3. The molecule has 0 aliphatic carbocycles. The molecule has 0 spiro atoms. The lowest BCUT2D eigenvalue weighted by Gasteiger charge is -2.07. The van der Waals surface area contributed by atoms with Gasteiger partial charge in [-0.2, -0.15) is 8.42 Å². The van der Waals surface area contributed by atoms with Gasteiger partial charge in [-0.3, -0.25) is 4.72 Å². The first-order valence-corrected chi connectivity index (χ1v) is 8.64. The average Bonchev–Trinajstić information content (AvgIpc) is 2.89. The van der Waals surface area contributed by atoms with Gasteiger partial charge in [0.05, 0.1) is 6.54 Å². The van der Waals surface area contributed by atoms with Crippen LogP contribution in [0.25, 0.3) is 0 Å². The van der Waals surface area contributed by atoms with Gasteiger partial charge in [-0.1, -0.05) is 6.92 Å². The Morgan fingerprint density at radius 2 is 2.14 bits per heavy atom. The Labute approximate surface area is 132 Å². The Bertz CT molecular complexity index is 728. The van der Waals surface area contributed by atoms with E-state index in [9.17, 15) is 8.42 Å². The Morgan fingerprint density at radius 1 is 1.38 bits per heavy atom. The monoisotopic (exact) mass is 373 g/mol. The van der Waals surface area contributed by atoms with Crippen molar-refractivity contribution in [3.8, 4) is 0 Å². The van der Waals surface area contributed by atoms with E-state index in [0.717, 1.165) is 11.0 Å². The van der Waals surface area contributed by atoms with Crippen molar-refractivity contribution < 1.29 is 12.8 Å². The summed E-state index contributed by atoms with van der Waals surface area (Å²) in [6.07, 6.45) is 1.53. The molecule has 0 saturated carbocycles. The molecule has 0 atom stereocenters. The van der Waals surface area contributed by atoms with E-state index in [2.05, 4.69) is 31.0 Å². The highest BCUT2D eigenvalue weighted by Crippen LogP contribution is 2.21. The third-order valence-electron chi connectivity index (χ3n) is 2.73. The zero-order chi connectivity index (χ0) is 15.5. The number of hydrogen-bond donors (Lipinski definition) is 2. The van der Waals surface area contributed by atoms with Crippen LogP contribution >= 0.6 is 15.9 Å². The maximum atomic E-state index is 12.2. The predicted molar refractivity (Wildman–Crippen MR) is 83.6 cm³/mol. The molecule has 0 saturated heterocycles. The van der Waals surface area contributed by atoms with Gasteiger partial charge in [0.15, 0.2) is 0 Å². The summed E-state index contributed by atoms with van der Waals surface area (Å²) < 4.78 is 33.0. The fraction of sp³-hybridized carbons (Fsp3) is 0.308. The third-order valence-corrected chi connectivity index (χ3v) is 4.37. The second kappa shape index (κ2) is 6.59. The van der Waals surface area contributed by atoms with Gasteiger partial charge in [0, 0.05) is 10.7 Å². The Kier molecular flexibility index (Phi) is 5.02. The highest BCUT2D eigenvalue weighted by Gasteiger charge is 2.20. The van der Waals surface area contributed by atoms with Gasteiger partial charge >= 0.3 is 0 Å². The van der Waals surface area contributed by atoms with Crippen LogP contribution in [-0.4, -0.2) is 19.9 Å². The van der Waals surface area contributed by atoms with Crippen LogP contribution < -0.4 is 10.0 Å². The number of nitrogens with zero attached hydrogens (tertiary/aromatic N) is 1. The van der Waals surface area contributed by atoms with Gasteiger partial charge in [0.25, 0.3) is 10.0 Å². The molecule has 0 aliphatic rings. The number of aromatic nitrogens is 1. The standard InChI is InChI=1S/C13H16BrN3O3S/c1-3-15-8-11-4-5-12(20-11)21(18,19)17-13-9(2)6-10(14)7-16-13/h4-7,15H,3,8H2,1-2H3,(H,16,17). The van der Waals surface area contributed by atoms with Crippen molar-refractivity contribution in [2.45, 2.75) is 25.5 Å². The molecule has 0 aromatic carbocycles. The van der Waals surface area contributed by atoms with Crippen LogP contribution in [0.2, 0.25) is 0 Å². The summed E-state index contributed by atoms with van der Waals surface area (Å²) >= 11 is 3.28. The molecule has 2 rings (SSSR count). The van der Waals surface area contributed by atoms with Gasteiger partial charge in [-0.15, -0.1) is 0 Å². The molecule has 8 heteroatoms. The molecule has 0 unspecified atom stereocenters. The first kappa shape index (κ1) is 16.0. The fourth-order valence-corrected chi connectivity index (χ4v) is 3.15. The molecule has 114 valence electrons. The molecule has 21 heavy (non-hydrogen) atoms. The van der Waals surface area contributed by atoms with Crippen LogP contribution in [-0.2, 0) is 16.6 Å². The van der Waals surface area contributed by atoms with Crippen LogP contribution in [0.1, 0.15) is 18.2 Å². The first-order chi connectivity index (χ1) is 9.92. The highest BCUT2D eigenvalue weighted by molar-refractivity contribution is 9.10. The number of anilines is 1. The van der Waals surface area contributed by atoms with Crippen LogP contribution in [0, 0.1) is 6.92 Å². The minimum atomic E-state index is -3.78. The van der Waals surface area contributed by atoms with Crippen molar-refractivity contribution in [2.24, 2.45) is 0 Å². The van der Waals surface area contributed by atoms with Crippen molar-refractivity contribution in [2.75, 3.05) is 11.3 Å². The molecule has 0 radical (unpaired) electrons.